The molecule has 1 aliphatic rings. The fraction of sp³-hybridized carbons (Fsp3) is 0.923. The summed E-state index contributed by atoms with van der Waals surface area (Å²) in [7, 11) is 0. The van der Waals surface area contributed by atoms with Crippen molar-refractivity contribution in [3.05, 3.63) is 0 Å². The molecule has 17 heavy (non-hydrogen) atoms. The maximum Gasteiger partial charge on any atom is 0.335 e. The van der Waals surface area contributed by atoms with Crippen LogP contribution in [-0.2, 0) is 14.3 Å². The van der Waals surface area contributed by atoms with Crippen LogP contribution in [0.3, 0.4) is 0 Å². The van der Waals surface area contributed by atoms with Gasteiger partial charge in [0.1, 0.15) is 0 Å². The zero-order valence-electron chi connectivity index (χ0n) is 10.9. The Kier molecular flexibility index (Phi) is 6.52. The average Bonchev–Trinajstić information content (AvgIpc) is 2.34. The summed E-state index contributed by atoms with van der Waals surface area (Å²) in [4.78, 5) is 10.9. The maximum atomic E-state index is 10.9. The molecule has 1 N–H and O–H groups in total. The number of hydrogen-bond donors (Lipinski definition) is 1. The number of rotatable bonds is 7. The van der Waals surface area contributed by atoms with Crippen LogP contribution in [0, 0.1) is 5.92 Å². The first-order chi connectivity index (χ1) is 8.17. The highest BCUT2D eigenvalue weighted by atomic mass is 16.6. The summed E-state index contributed by atoms with van der Waals surface area (Å²) in [5.74, 6) is -0.196. The Balaban J connectivity index is 2.30. The summed E-state index contributed by atoms with van der Waals surface area (Å²) in [5, 5.41) is 8.93. The Morgan fingerprint density at radius 2 is 2.18 bits per heavy atom. The van der Waals surface area contributed by atoms with E-state index in [4.69, 9.17) is 14.6 Å². The highest BCUT2D eigenvalue weighted by molar-refractivity contribution is 5.72. The standard InChI is InChI=1S/C13H24O4/c1-3-10-6-5-7-11(8-10)17-9-12(13(14)15)16-4-2/h10-12H,3-9H2,1-2H3,(H,14,15). The van der Waals surface area contributed by atoms with Gasteiger partial charge in [-0.15, -0.1) is 0 Å². The van der Waals surface area contributed by atoms with E-state index in [-0.39, 0.29) is 12.7 Å². The smallest absolute Gasteiger partial charge is 0.335 e. The lowest BCUT2D eigenvalue weighted by atomic mass is 9.85. The van der Waals surface area contributed by atoms with Gasteiger partial charge in [-0.1, -0.05) is 26.2 Å². The van der Waals surface area contributed by atoms with E-state index in [1.54, 1.807) is 6.92 Å². The van der Waals surface area contributed by atoms with Crippen molar-refractivity contribution in [3.8, 4) is 0 Å². The first-order valence-corrected chi connectivity index (χ1v) is 6.63. The van der Waals surface area contributed by atoms with Crippen molar-refractivity contribution in [2.24, 2.45) is 5.92 Å². The molecule has 0 saturated heterocycles. The molecule has 0 aromatic carbocycles. The second-order valence-electron chi connectivity index (χ2n) is 4.68. The van der Waals surface area contributed by atoms with Crippen molar-refractivity contribution in [3.63, 3.8) is 0 Å². The Morgan fingerprint density at radius 1 is 1.41 bits per heavy atom. The van der Waals surface area contributed by atoms with Gasteiger partial charge >= 0.3 is 5.97 Å². The minimum atomic E-state index is -0.935. The molecular formula is C13H24O4. The summed E-state index contributed by atoms with van der Waals surface area (Å²) in [6.07, 6.45) is 5.18. The first-order valence-electron chi connectivity index (χ1n) is 6.63. The number of carboxylic acids is 1. The summed E-state index contributed by atoms with van der Waals surface area (Å²) < 4.78 is 10.8. The number of ether oxygens (including phenoxy) is 2. The SMILES string of the molecule is CCOC(COC1CCCC(CC)C1)C(=O)O. The van der Waals surface area contributed by atoms with Gasteiger partial charge in [-0.25, -0.2) is 4.79 Å². The molecule has 0 aliphatic heterocycles. The highest BCUT2D eigenvalue weighted by Crippen LogP contribution is 2.28. The van der Waals surface area contributed by atoms with Crippen LogP contribution >= 0.6 is 0 Å². The van der Waals surface area contributed by atoms with Gasteiger partial charge in [0.05, 0.1) is 12.7 Å². The van der Waals surface area contributed by atoms with Crippen molar-refractivity contribution in [2.75, 3.05) is 13.2 Å². The monoisotopic (exact) mass is 244 g/mol. The van der Waals surface area contributed by atoms with Crippen molar-refractivity contribution in [2.45, 2.75) is 58.2 Å². The van der Waals surface area contributed by atoms with E-state index >= 15 is 0 Å². The predicted molar refractivity (Wildman–Crippen MR) is 65.0 cm³/mol. The normalized spacial score (nSPS) is 26.7. The van der Waals surface area contributed by atoms with Gasteiger partial charge < -0.3 is 14.6 Å². The van der Waals surface area contributed by atoms with Crippen LogP contribution in [0.4, 0.5) is 0 Å². The lowest BCUT2D eigenvalue weighted by molar-refractivity contribution is -0.156. The molecule has 3 atom stereocenters. The molecule has 0 spiro atoms. The molecule has 0 amide bonds. The maximum absolute atomic E-state index is 10.9. The summed E-state index contributed by atoms with van der Waals surface area (Å²) >= 11 is 0. The summed E-state index contributed by atoms with van der Waals surface area (Å²) in [6.45, 7) is 4.57. The van der Waals surface area contributed by atoms with Gasteiger partial charge in [0.15, 0.2) is 6.10 Å². The molecule has 1 aliphatic carbocycles. The molecule has 0 bridgehead atoms. The predicted octanol–water partition coefficient (Wildman–Crippen LogP) is 2.46. The quantitative estimate of drug-likeness (QED) is 0.747. The molecule has 1 fully saturated rings. The van der Waals surface area contributed by atoms with Crippen molar-refractivity contribution < 1.29 is 19.4 Å². The Hall–Kier alpha value is -0.610. The third-order valence-electron chi connectivity index (χ3n) is 3.44. The van der Waals surface area contributed by atoms with E-state index in [1.165, 1.54) is 19.3 Å². The van der Waals surface area contributed by atoms with Crippen molar-refractivity contribution in [1.29, 1.82) is 0 Å². The van der Waals surface area contributed by atoms with Crippen LogP contribution in [0.25, 0.3) is 0 Å². The van der Waals surface area contributed by atoms with Crippen LogP contribution in [0.2, 0.25) is 0 Å². The fourth-order valence-corrected chi connectivity index (χ4v) is 2.38. The lowest BCUT2D eigenvalue weighted by Gasteiger charge is -2.29. The number of carbonyl (C=O) groups is 1. The van der Waals surface area contributed by atoms with Gasteiger partial charge in [0.25, 0.3) is 0 Å². The zero-order chi connectivity index (χ0) is 12.7. The molecule has 4 heteroatoms. The minimum absolute atomic E-state index is 0.171. The number of hydrogen-bond acceptors (Lipinski definition) is 3. The minimum Gasteiger partial charge on any atom is -0.479 e. The molecule has 3 unspecified atom stereocenters. The Morgan fingerprint density at radius 3 is 2.76 bits per heavy atom. The van der Waals surface area contributed by atoms with Crippen LogP contribution in [0.1, 0.15) is 46.0 Å². The van der Waals surface area contributed by atoms with Gasteiger partial charge in [0, 0.05) is 6.61 Å². The fourth-order valence-electron chi connectivity index (χ4n) is 2.38. The van der Waals surface area contributed by atoms with E-state index in [0.717, 1.165) is 18.8 Å². The van der Waals surface area contributed by atoms with E-state index < -0.39 is 12.1 Å². The summed E-state index contributed by atoms with van der Waals surface area (Å²) in [5.41, 5.74) is 0. The Labute approximate surface area is 103 Å². The largest absolute Gasteiger partial charge is 0.479 e. The van der Waals surface area contributed by atoms with E-state index in [2.05, 4.69) is 6.92 Å². The lowest BCUT2D eigenvalue weighted by Crippen LogP contribution is -2.33. The Bertz CT molecular complexity index is 229. The van der Waals surface area contributed by atoms with Crippen LogP contribution in [0.5, 0.6) is 0 Å². The van der Waals surface area contributed by atoms with E-state index in [0.29, 0.717) is 6.61 Å². The molecule has 100 valence electrons. The van der Waals surface area contributed by atoms with Gasteiger partial charge in [-0.3, -0.25) is 0 Å². The van der Waals surface area contributed by atoms with E-state index in [1.807, 2.05) is 0 Å². The average molecular weight is 244 g/mol. The highest BCUT2D eigenvalue weighted by Gasteiger charge is 2.24. The van der Waals surface area contributed by atoms with E-state index in [9.17, 15) is 4.79 Å². The molecular weight excluding hydrogens is 220 g/mol. The second-order valence-corrected chi connectivity index (χ2v) is 4.68. The van der Waals surface area contributed by atoms with Crippen molar-refractivity contribution in [1.82, 2.24) is 0 Å². The second kappa shape index (κ2) is 7.67. The van der Waals surface area contributed by atoms with Crippen molar-refractivity contribution >= 4 is 5.97 Å². The topological polar surface area (TPSA) is 55.8 Å². The first kappa shape index (κ1) is 14.5. The molecule has 4 nitrogen and oxygen atoms in total. The molecule has 0 aromatic rings. The molecule has 1 saturated carbocycles. The van der Waals surface area contributed by atoms with Gasteiger partial charge in [0.2, 0.25) is 0 Å². The zero-order valence-corrected chi connectivity index (χ0v) is 10.9. The van der Waals surface area contributed by atoms with Crippen LogP contribution < -0.4 is 0 Å². The van der Waals surface area contributed by atoms with Gasteiger partial charge in [-0.05, 0) is 25.7 Å². The van der Waals surface area contributed by atoms with Gasteiger partial charge in [-0.2, -0.15) is 0 Å². The third kappa shape index (κ3) is 5.04. The number of carboxylic acid groups (broad SMARTS) is 1. The molecule has 0 heterocycles. The summed E-state index contributed by atoms with van der Waals surface area (Å²) in [6, 6.07) is 0. The molecule has 1 rings (SSSR count). The number of aliphatic carboxylic acids is 1. The molecule has 0 aromatic heterocycles. The molecule has 0 radical (unpaired) electrons. The van der Waals surface area contributed by atoms with Crippen LogP contribution in [-0.4, -0.2) is 36.5 Å². The van der Waals surface area contributed by atoms with Crippen LogP contribution in [0.15, 0.2) is 0 Å². The third-order valence-corrected chi connectivity index (χ3v) is 3.44.